The van der Waals surface area contributed by atoms with Crippen LogP contribution in [0.25, 0.3) is 0 Å². The smallest absolute Gasteiger partial charge is 0.410 e. The number of pyridine rings is 1. The van der Waals surface area contributed by atoms with E-state index >= 15 is 0 Å². The second-order valence-electron chi connectivity index (χ2n) is 6.22. The third-order valence-corrected chi connectivity index (χ3v) is 3.44. The van der Waals surface area contributed by atoms with E-state index in [9.17, 15) is 9.59 Å². The predicted molar refractivity (Wildman–Crippen MR) is 90.2 cm³/mol. The van der Waals surface area contributed by atoms with E-state index in [1.54, 1.807) is 33.9 Å². The fraction of sp³-hybridized carbons (Fsp3) is 0.562. The van der Waals surface area contributed by atoms with E-state index in [2.05, 4.69) is 20.9 Å². The maximum absolute atomic E-state index is 12.1. The zero-order chi connectivity index (χ0) is 17.6. The first kappa shape index (κ1) is 19.4. The number of methoxy groups -OCH3 is 1. The zero-order valence-electron chi connectivity index (χ0n) is 14.1. The maximum atomic E-state index is 12.1. The molecule has 0 aliphatic carbocycles. The van der Waals surface area contributed by atoms with Gasteiger partial charge in [-0.25, -0.2) is 9.78 Å². The Bertz CT molecular complexity index is 557. The van der Waals surface area contributed by atoms with Crippen LogP contribution in [0.5, 0.6) is 0 Å². The average Bonchev–Trinajstić information content (AvgIpc) is 2.44. The van der Waals surface area contributed by atoms with Gasteiger partial charge in [-0.1, -0.05) is 6.07 Å². The number of hydrogen-bond acceptors (Lipinski definition) is 5. The molecule has 0 saturated carbocycles. The van der Waals surface area contributed by atoms with Crippen molar-refractivity contribution in [3.8, 4) is 0 Å². The molecule has 0 saturated heterocycles. The summed E-state index contributed by atoms with van der Waals surface area (Å²) in [4.78, 5) is 29.6. The third kappa shape index (κ3) is 6.99. The van der Waals surface area contributed by atoms with Crippen molar-refractivity contribution in [2.45, 2.75) is 38.7 Å². The van der Waals surface area contributed by atoms with E-state index in [-0.39, 0.29) is 18.3 Å². The predicted octanol–water partition coefficient (Wildman–Crippen LogP) is 3.36. The SMILES string of the molecule is COC(=O)CC(CN(C)C(=O)OC(C)(C)C)c1cccc(Br)n1. The summed E-state index contributed by atoms with van der Waals surface area (Å²) in [6, 6.07) is 5.46. The van der Waals surface area contributed by atoms with Crippen LogP contribution in [-0.4, -0.2) is 48.2 Å². The molecule has 1 atom stereocenters. The topological polar surface area (TPSA) is 68.7 Å². The Hall–Kier alpha value is -1.63. The van der Waals surface area contributed by atoms with E-state index in [4.69, 9.17) is 9.47 Å². The van der Waals surface area contributed by atoms with Crippen LogP contribution in [0.2, 0.25) is 0 Å². The fourth-order valence-electron chi connectivity index (χ4n) is 1.94. The number of carbonyl (C=O) groups is 2. The summed E-state index contributed by atoms with van der Waals surface area (Å²) in [6.45, 7) is 5.72. The lowest BCUT2D eigenvalue weighted by atomic mass is 10.00. The number of halogens is 1. The van der Waals surface area contributed by atoms with E-state index in [0.717, 1.165) is 0 Å². The Morgan fingerprint density at radius 2 is 2.00 bits per heavy atom. The van der Waals surface area contributed by atoms with Crippen LogP contribution in [0.1, 0.15) is 38.8 Å². The highest BCUT2D eigenvalue weighted by Crippen LogP contribution is 2.22. The van der Waals surface area contributed by atoms with Gasteiger partial charge < -0.3 is 14.4 Å². The van der Waals surface area contributed by atoms with Crippen molar-refractivity contribution in [2.75, 3.05) is 20.7 Å². The molecule has 0 fully saturated rings. The van der Waals surface area contributed by atoms with Crippen molar-refractivity contribution in [3.63, 3.8) is 0 Å². The van der Waals surface area contributed by atoms with E-state index < -0.39 is 11.7 Å². The molecule has 1 rings (SSSR count). The number of nitrogens with zero attached hydrogens (tertiary/aromatic N) is 2. The Labute approximate surface area is 145 Å². The first-order chi connectivity index (χ1) is 10.6. The van der Waals surface area contributed by atoms with Gasteiger partial charge in [0.05, 0.1) is 13.5 Å². The molecule has 0 radical (unpaired) electrons. The van der Waals surface area contributed by atoms with Crippen molar-refractivity contribution in [1.82, 2.24) is 9.88 Å². The highest BCUT2D eigenvalue weighted by Gasteiger charge is 2.25. The van der Waals surface area contributed by atoms with E-state index in [1.807, 2.05) is 12.1 Å². The molecular weight excluding hydrogens is 364 g/mol. The van der Waals surface area contributed by atoms with Crippen LogP contribution >= 0.6 is 15.9 Å². The van der Waals surface area contributed by atoms with Crippen LogP contribution in [0.3, 0.4) is 0 Å². The molecule has 23 heavy (non-hydrogen) atoms. The molecule has 0 N–H and O–H groups in total. The minimum absolute atomic E-state index is 0.132. The van der Waals surface area contributed by atoms with Gasteiger partial charge in [-0.15, -0.1) is 0 Å². The second-order valence-corrected chi connectivity index (χ2v) is 7.04. The van der Waals surface area contributed by atoms with Gasteiger partial charge in [0.25, 0.3) is 0 Å². The number of rotatable bonds is 5. The number of amides is 1. The molecule has 0 aromatic carbocycles. The molecule has 7 heteroatoms. The lowest BCUT2D eigenvalue weighted by Gasteiger charge is -2.27. The summed E-state index contributed by atoms with van der Waals surface area (Å²) in [7, 11) is 2.97. The summed E-state index contributed by atoms with van der Waals surface area (Å²) in [5.74, 6) is -0.633. The first-order valence-corrected chi connectivity index (χ1v) is 8.05. The number of hydrogen-bond donors (Lipinski definition) is 0. The third-order valence-electron chi connectivity index (χ3n) is 3.00. The lowest BCUT2D eigenvalue weighted by molar-refractivity contribution is -0.141. The Balaban J connectivity index is 2.88. The monoisotopic (exact) mass is 386 g/mol. The van der Waals surface area contributed by atoms with Gasteiger partial charge in [-0.2, -0.15) is 0 Å². The molecule has 1 heterocycles. The standard InChI is InChI=1S/C16H23BrN2O4/c1-16(2,3)23-15(21)19(4)10-11(9-14(20)22-5)12-7-6-8-13(17)18-12/h6-8,11H,9-10H2,1-5H3. The van der Waals surface area contributed by atoms with Crippen LogP contribution in [-0.2, 0) is 14.3 Å². The summed E-state index contributed by atoms with van der Waals surface area (Å²) in [6.07, 6.45) is -0.310. The van der Waals surface area contributed by atoms with Crippen LogP contribution in [0, 0.1) is 0 Å². The molecule has 0 aliphatic rings. The molecule has 1 amide bonds. The molecule has 1 aromatic heterocycles. The summed E-state index contributed by atoms with van der Waals surface area (Å²) in [5.41, 5.74) is 0.136. The van der Waals surface area contributed by atoms with Crippen molar-refractivity contribution in [1.29, 1.82) is 0 Å². The van der Waals surface area contributed by atoms with Crippen LogP contribution < -0.4 is 0 Å². The van der Waals surface area contributed by atoms with Gasteiger partial charge in [0.2, 0.25) is 0 Å². The molecule has 0 bridgehead atoms. The Morgan fingerprint density at radius 1 is 1.35 bits per heavy atom. The van der Waals surface area contributed by atoms with Gasteiger partial charge >= 0.3 is 12.1 Å². The van der Waals surface area contributed by atoms with E-state index in [1.165, 1.54) is 12.0 Å². The highest BCUT2D eigenvalue weighted by molar-refractivity contribution is 9.10. The number of aromatic nitrogens is 1. The second kappa shape index (κ2) is 8.29. The quantitative estimate of drug-likeness (QED) is 0.573. The minimum atomic E-state index is -0.572. The number of esters is 1. The Morgan fingerprint density at radius 3 is 2.52 bits per heavy atom. The van der Waals surface area contributed by atoms with Gasteiger partial charge in [0, 0.05) is 25.2 Å². The van der Waals surface area contributed by atoms with Crippen molar-refractivity contribution >= 4 is 28.0 Å². The summed E-state index contributed by atoms with van der Waals surface area (Å²) < 4.78 is 10.7. The van der Waals surface area contributed by atoms with Gasteiger partial charge in [0.15, 0.2) is 0 Å². The maximum Gasteiger partial charge on any atom is 0.410 e. The fourth-order valence-corrected chi connectivity index (χ4v) is 2.30. The Kier molecular flexibility index (Phi) is 7.00. The summed E-state index contributed by atoms with van der Waals surface area (Å²) >= 11 is 3.32. The van der Waals surface area contributed by atoms with Crippen molar-refractivity contribution in [3.05, 3.63) is 28.5 Å². The minimum Gasteiger partial charge on any atom is -0.469 e. The summed E-state index contributed by atoms with van der Waals surface area (Å²) in [5, 5.41) is 0. The molecule has 6 nitrogen and oxygen atoms in total. The largest absolute Gasteiger partial charge is 0.469 e. The normalized spacial score (nSPS) is 12.4. The van der Waals surface area contributed by atoms with Crippen molar-refractivity contribution in [2.24, 2.45) is 0 Å². The molecule has 0 spiro atoms. The molecule has 0 aliphatic heterocycles. The average molecular weight is 387 g/mol. The molecular formula is C16H23BrN2O4. The van der Waals surface area contributed by atoms with Crippen LogP contribution in [0.15, 0.2) is 22.8 Å². The van der Waals surface area contributed by atoms with E-state index in [0.29, 0.717) is 16.8 Å². The molecule has 1 aromatic rings. The van der Waals surface area contributed by atoms with Gasteiger partial charge in [-0.05, 0) is 48.8 Å². The number of likely N-dealkylation sites (N-methyl/N-ethyl adjacent to an activating group) is 1. The molecule has 1 unspecified atom stereocenters. The highest BCUT2D eigenvalue weighted by atomic mass is 79.9. The lowest BCUT2D eigenvalue weighted by Crippen LogP contribution is -2.37. The molecule has 128 valence electrons. The first-order valence-electron chi connectivity index (χ1n) is 7.25. The van der Waals surface area contributed by atoms with Gasteiger partial charge in [-0.3, -0.25) is 4.79 Å². The van der Waals surface area contributed by atoms with Gasteiger partial charge in [0.1, 0.15) is 10.2 Å². The van der Waals surface area contributed by atoms with Crippen molar-refractivity contribution < 1.29 is 19.1 Å². The number of carbonyl (C=O) groups excluding carboxylic acids is 2. The van der Waals surface area contributed by atoms with Crippen LogP contribution in [0.4, 0.5) is 4.79 Å². The number of ether oxygens (including phenoxy) is 2. The zero-order valence-corrected chi connectivity index (χ0v) is 15.7.